The molecule has 8 heteroatoms. The van der Waals surface area contributed by atoms with Crippen LogP contribution in [-0.2, 0) is 9.53 Å². The Kier molecular flexibility index (Phi) is 5.08. The van der Waals surface area contributed by atoms with Crippen molar-refractivity contribution in [3.63, 3.8) is 0 Å². The molecule has 1 atom stereocenters. The molecule has 27 heavy (non-hydrogen) atoms. The van der Waals surface area contributed by atoms with Crippen molar-refractivity contribution >= 4 is 17.7 Å². The van der Waals surface area contributed by atoms with E-state index in [9.17, 15) is 4.79 Å². The van der Waals surface area contributed by atoms with Crippen LogP contribution in [0.4, 0.5) is 11.8 Å². The largest absolute Gasteiger partial charge is 0.481 e. The Labute approximate surface area is 160 Å². The normalized spacial score (nSPS) is 25.2. The minimum Gasteiger partial charge on any atom is -0.481 e. The van der Waals surface area contributed by atoms with E-state index in [4.69, 9.17) is 15.2 Å². The fourth-order valence-electron chi connectivity index (χ4n) is 4.62. The molecule has 1 aromatic rings. The highest BCUT2D eigenvalue weighted by atomic mass is 16.5. The van der Waals surface area contributed by atoms with Gasteiger partial charge >= 0.3 is 0 Å². The molecule has 148 valence electrons. The van der Waals surface area contributed by atoms with E-state index in [1.54, 1.807) is 7.11 Å². The Hall–Kier alpha value is -2.09. The van der Waals surface area contributed by atoms with E-state index in [2.05, 4.69) is 19.8 Å². The number of anilines is 2. The highest BCUT2D eigenvalue weighted by Gasteiger charge is 2.42. The van der Waals surface area contributed by atoms with Gasteiger partial charge < -0.3 is 25.0 Å². The van der Waals surface area contributed by atoms with Gasteiger partial charge in [0.05, 0.1) is 13.2 Å². The number of nitrogens with zero attached hydrogens (tertiary/aromatic N) is 4. The molecule has 1 unspecified atom stereocenters. The molecule has 0 bridgehead atoms. The van der Waals surface area contributed by atoms with Crippen molar-refractivity contribution in [2.45, 2.75) is 44.6 Å². The SMILES string of the molecule is COc1cc(N2CCC3(CCC(=O)N(CC4CCCO4)C3)CC2)nc(N)n1. The summed E-state index contributed by atoms with van der Waals surface area (Å²) in [5.74, 6) is 1.82. The molecule has 4 heterocycles. The third-order valence-corrected chi connectivity index (χ3v) is 6.26. The van der Waals surface area contributed by atoms with E-state index in [-0.39, 0.29) is 23.4 Å². The number of likely N-dealkylation sites (tertiary alicyclic amines) is 1. The molecule has 0 aromatic carbocycles. The summed E-state index contributed by atoms with van der Waals surface area (Å²) in [6.45, 7) is 4.25. The number of nitrogens with two attached hydrogens (primary N) is 1. The van der Waals surface area contributed by atoms with Crippen LogP contribution in [0.25, 0.3) is 0 Å². The number of amides is 1. The maximum atomic E-state index is 12.4. The molecule has 1 aromatic heterocycles. The van der Waals surface area contributed by atoms with Gasteiger partial charge in [-0.2, -0.15) is 9.97 Å². The fourth-order valence-corrected chi connectivity index (χ4v) is 4.62. The van der Waals surface area contributed by atoms with E-state index in [1.165, 1.54) is 0 Å². The summed E-state index contributed by atoms with van der Waals surface area (Å²) in [5.41, 5.74) is 6.02. The zero-order valence-corrected chi connectivity index (χ0v) is 16.0. The average Bonchev–Trinajstić information content (AvgIpc) is 3.18. The van der Waals surface area contributed by atoms with Gasteiger partial charge in [0, 0.05) is 45.3 Å². The monoisotopic (exact) mass is 375 g/mol. The summed E-state index contributed by atoms with van der Waals surface area (Å²) in [6.07, 6.45) is 6.14. The van der Waals surface area contributed by atoms with E-state index in [1.807, 2.05) is 6.07 Å². The van der Waals surface area contributed by atoms with E-state index < -0.39 is 0 Å². The van der Waals surface area contributed by atoms with Gasteiger partial charge in [0.15, 0.2) is 0 Å². The maximum Gasteiger partial charge on any atom is 0.225 e. The molecule has 4 rings (SSSR count). The molecule has 3 saturated heterocycles. The van der Waals surface area contributed by atoms with Crippen molar-refractivity contribution < 1.29 is 14.3 Å². The van der Waals surface area contributed by atoms with Crippen LogP contribution in [-0.4, -0.2) is 66.8 Å². The van der Waals surface area contributed by atoms with Crippen LogP contribution in [0.1, 0.15) is 38.5 Å². The highest BCUT2D eigenvalue weighted by molar-refractivity contribution is 5.77. The van der Waals surface area contributed by atoms with Gasteiger partial charge in [-0.25, -0.2) is 0 Å². The summed E-state index contributed by atoms with van der Waals surface area (Å²) in [4.78, 5) is 25.1. The first kappa shape index (κ1) is 18.3. The van der Waals surface area contributed by atoms with Crippen molar-refractivity contribution in [1.82, 2.24) is 14.9 Å². The van der Waals surface area contributed by atoms with Gasteiger partial charge in [0.1, 0.15) is 5.82 Å². The minimum absolute atomic E-state index is 0.214. The highest BCUT2D eigenvalue weighted by Crippen LogP contribution is 2.41. The topological polar surface area (TPSA) is 93.8 Å². The first-order valence-corrected chi connectivity index (χ1v) is 9.90. The van der Waals surface area contributed by atoms with Crippen LogP contribution in [0.3, 0.4) is 0 Å². The van der Waals surface area contributed by atoms with Crippen LogP contribution in [0, 0.1) is 5.41 Å². The van der Waals surface area contributed by atoms with Crippen LogP contribution >= 0.6 is 0 Å². The number of carbonyl (C=O) groups is 1. The van der Waals surface area contributed by atoms with Crippen LogP contribution in [0.5, 0.6) is 5.88 Å². The van der Waals surface area contributed by atoms with Crippen molar-refractivity contribution in [2.24, 2.45) is 5.41 Å². The molecule has 3 fully saturated rings. The Morgan fingerprint density at radius 2 is 2.15 bits per heavy atom. The third kappa shape index (κ3) is 3.95. The number of rotatable bonds is 4. The first-order valence-electron chi connectivity index (χ1n) is 9.90. The number of hydrogen-bond donors (Lipinski definition) is 1. The van der Waals surface area contributed by atoms with Crippen molar-refractivity contribution in [3.8, 4) is 5.88 Å². The first-order chi connectivity index (χ1) is 13.1. The molecule has 0 saturated carbocycles. The number of piperidine rings is 2. The molecule has 0 radical (unpaired) electrons. The van der Waals surface area contributed by atoms with E-state index in [0.717, 1.165) is 70.7 Å². The lowest BCUT2D eigenvalue weighted by molar-refractivity contribution is -0.140. The molecule has 3 aliphatic heterocycles. The summed E-state index contributed by atoms with van der Waals surface area (Å²) in [7, 11) is 1.58. The second-order valence-corrected chi connectivity index (χ2v) is 8.02. The summed E-state index contributed by atoms with van der Waals surface area (Å²) < 4.78 is 11.0. The number of ether oxygens (including phenoxy) is 2. The average molecular weight is 375 g/mol. The lowest BCUT2D eigenvalue weighted by atomic mass is 9.72. The Morgan fingerprint density at radius 3 is 2.85 bits per heavy atom. The molecule has 3 aliphatic rings. The van der Waals surface area contributed by atoms with E-state index in [0.29, 0.717) is 12.3 Å². The van der Waals surface area contributed by atoms with Gasteiger partial charge in [0.25, 0.3) is 0 Å². The Bertz CT molecular complexity index is 684. The summed E-state index contributed by atoms with van der Waals surface area (Å²) in [5, 5.41) is 0. The predicted molar refractivity (Wildman–Crippen MR) is 102 cm³/mol. The van der Waals surface area contributed by atoms with Crippen LogP contribution in [0.2, 0.25) is 0 Å². The number of hydrogen-bond acceptors (Lipinski definition) is 7. The second-order valence-electron chi connectivity index (χ2n) is 8.02. The standard InChI is InChI=1S/C19H29N5O3/c1-26-16-11-15(21-18(20)22-16)23-8-6-19(7-9-23)5-4-17(25)24(13-19)12-14-3-2-10-27-14/h11,14H,2-10,12-13H2,1H3,(H2,20,21,22). The third-order valence-electron chi connectivity index (χ3n) is 6.26. The lowest BCUT2D eigenvalue weighted by Crippen LogP contribution is -2.53. The molecule has 0 aliphatic carbocycles. The van der Waals surface area contributed by atoms with Crippen molar-refractivity contribution in [3.05, 3.63) is 6.07 Å². The van der Waals surface area contributed by atoms with Gasteiger partial charge in [-0.05, 0) is 37.5 Å². The molecular weight excluding hydrogens is 346 g/mol. The van der Waals surface area contributed by atoms with Gasteiger partial charge in [-0.15, -0.1) is 0 Å². The van der Waals surface area contributed by atoms with Crippen LogP contribution in [0.15, 0.2) is 6.07 Å². The van der Waals surface area contributed by atoms with Crippen molar-refractivity contribution in [2.75, 3.05) is 50.5 Å². The van der Waals surface area contributed by atoms with E-state index >= 15 is 0 Å². The molecule has 1 amide bonds. The number of aromatic nitrogens is 2. The van der Waals surface area contributed by atoms with Crippen LogP contribution < -0.4 is 15.4 Å². The lowest BCUT2D eigenvalue weighted by Gasteiger charge is -2.48. The molecule has 1 spiro atoms. The Balaban J connectivity index is 1.40. The maximum absolute atomic E-state index is 12.4. The minimum atomic E-state index is 0.214. The number of methoxy groups -OCH3 is 1. The summed E-state index contributed by atoms with van der Waals surface area (Å²) in [6, 6.07) is 1.84. The number of nitrogen functional groups attached to an aromatic ring is 1. The quantitative estimate of drug-likeness (QED) is 0.851. The zero-order valence-electron chi connectivity index (χ0n) is 16.0. The van der Waals surface area contributed by atoms with Gasteiger partial charge in [0.2, 0.25) is 17.7 Å². The smallest absolute Gasteiger partial charge is 0.225 e. The fraction of sp³-hybridized carbons (Fsp3) is 0.737. The van der Waals surface area contributed by atoms with Gasteiger partial charge in [-0.3, -0.25) is 4.79 Å². The summed E-state index contributed by atoms with van der Waals surface area (Å²) >= 11 is 0. The molecule has 8 nitrogen and oxygen atoms in total. The number of carbonyl (C=O) groups excluding carboxylic acids is 1. The zero-order chi connectivity index (χ0) is 18.9. The van der Waals surface area contributed by atoms with Crippen molar-refractivity contribution in [1.29, 1.82) is 0 Å². The Morgan fingerprint density at radius 1 is 1.33 bits per heavy atom. The predicted octanol–water partition coefficient (Wildman–Crippen LogP) is 1.46. The van der Waals surface area contributed by atoms with Gasteiger partial charge in [-0.1, -0.05) is 0 Å². The molecule has 2 N–H and O–H groups in total. The second kappa shape index (κ2) is 7.50. The molecular formula is C19H29N5O3.